The number of fused-ring (bicyclic) bond motifs is 1. The van der Waals surface area contributed by atoms with E-state index in [1.165, 1.54) is 11.8 Å². The first kappa shape index (κ1) is 21.9. The Balaban J connectivity index is 1.47. The van der Waals surface area contributed by atoms with Crippen LogP contribution in [-0.2, 0) is 22.6 Å². The molecule has 2 heterocycles. The van der Waals surface area contributed by atoms with Gasteiger partial charge in [-0.2, -0.15) is 0 Å². The van der Waals surface area contributed by atoms with Crippen LogP contribution in [0.25, 0.3) is 5.57 Å². The van der Waals surface area contributed by atoms with Crippen molar-refractivity contribution in [3.05, 3.63) is 105 Å². The first-order valence-electron chi connectivity index (χ1n) is 10.5. The molecule has 164 valence electrons. The average Bonchev–Trinajstić information content (AvgIpc) is 3.26. The summed E-state index contributed by atoms with van der Waals surface area (Å²) >= 11 is 13.1. The summed E-state index contributed by atoms with van der Waals surface area (Å²) in [4.78, 5) is 30.6. The van der Waals surface area contributed by atoms with Crippen molar-refractivity contribution in [1.29, 1.82) is 0 Å². The van der Waals surface area contributed by atoms with E-state index in [9.17, 15) is 9.59 Å². The second-order valence-electron chi connectivity index (χ2n) is 7.76. The molecule has 0 aliphatic carbocycles. The zero-order valence-corrected chi connectivity index (χ0v) is 19.9. The molecule has 0 unspecified atom stereocenters. The monoisotopic (exact) mass is 490 g/mol. The van der Waals surface area contributed by atoms with E-state index in [1.54, 1.807) is 9.80 Å². The summed E-state index contributed by atoms with van der Waals surface area (Å²) in [7, 11) is 0. The second kappa shape index (κ2) is 9.14. The molecule has 2 aliphatic heterocycles. The minimum atomic E-state index is -0.210. The molecule has 33 heavy (non-hydrogen) atoms. The van der Waals surface area contributed by atoms with Crippen LogP contribution >= 0.6 is 35.6 Å². The largest absolute Gasteiger partial charge is 0.303 e. The highest BCUT2D eigenvalue weighted by atomic mass is 35.5. The second-order valence-corrected chi connectivity index (χ2v) is 9.82. The van der Waals surface area contributed by atoms with Crippen molar-refractivity contribution < 1.29 is 9.59 Å². The summed E-state index contributed by atoms with van der Waals surface area (Å²) in [6.07, 6.45) is 0.694. The Kier molecular flexibility index (Phi) is 6.06. The van der Waals surface area contributed by atoms with Crippen LogP contribution in [-0.4, -0.2) is 27.6 Å². The summed E-state index contributed by atoms with van der Waals surface area (Å²) in [6.45, 7) is 0.804. The quantitative estimate of drug-likeness (QED) is 0.340. The maximum Gasteiger partial charge on any atom is 0.267 e. The van der Waals surface area contributed by atoms with Gasteiger partial charge in [-0.05, 0) is 29.7 Å². The molecular formula is C26H19ClN2O2S2. The lowest BCUT2D eigenvalue weighted by Gasteiger charge is -2.18. The molecule has 2 aliphatic rings. The third-order valence-electron chi connectivity index (χ3n) is 5.75. The lowest BCUT2D eigenvalue weighted by Crippen LogP contribution is -2.31. The highest BCUT2D eigenvalue weighted by molar-refractivity contribution is 8.26. The molecule has 0 saturated carbocycles. The van der Waals surface area contributed by atoms with Crippen LogP contribution in [0, 0.1) is 0 Å². The standard InChI is InChI=1S/C26H19ClN2O2S2/c27-20-12-6-4-10-18(20)16-29-21-13-7-5-11-19(21)22(24(29)30)23-25(31)28(26(32)33-23)15-14-17-8-2-1-3-9-17/h1-13H,14-16H2/b23-22-. The van der Waals surface area contributed by atoms with Gasteiger partial charge in [-0.15, -0.1) is 0 Å². The van der Waals surface area contributed by atoms with E-state index in [1.807, 2.05) is 78.9 Å². The number of hydrogen-bond acceptors (Lipinski definition) is 4. The van der Waals surface area contributed by atoms with Crippen molar-refractivity contribution in [1.82, 2.24) is 4.90 Å². The van der Waals surface area contributed by atoms with Gasteiger partial charge in [-0.1, -0.05) is 102 Å². The van der Waals surface area contributed by atoms with Crippen LogP contribution < -0.4 is 4.90 Å². The Hall–Kier alpha value is -2.93. The van der Waals surface area contributed by atoms with E-state index in [2.05, 4.69) is 0 Å². The maximum absolute atomic E-state index is 13.6. The first-order valence-corrected chi connectivity index (χ1v) is 12.1. The molecule has 7 heteroatoms. The molecule has 0 N–H and O–H groups in total. The fraction of sp³-hybridized carbons (Fsp3) is 0.115. The average molecular weight is 491 g/mol. The zero-order chi connectivity index (χ0) is 22.9. The number of anilines is 1. The van der Waals surface area contributed by atoms with Crippen molar-refractivity contribution >= 4 is 63.0 Å². The van der Waals surface area contributed by atoms with Crippen molar-refractivity contribution in [2.45, 2.75) is 13.0 Å². The van der Waals surface area contributed by atoms with Crippen LogP contribution in [0.15, 0.2) is 83.8 Å². The van der Waals surface area contributed by atoms with Gasteiger partial charge in [-0.25, -0.2) is 0 Å². The molecular weight excluding hydrogens is 472 g/mol. The lowest BCUT2D eigenvalue weighted by atomic mass is 10.1. The van der Waals surface area contributed by atoms with E-state index in [0.29, 0.717) is 39.3 Å². The molecule has 1 fully saturated rings. The number of rotatable bonds is 5. The van der Waals surface area contributed by atoms with Crippen LogP contribution in [0.2, 0.25) is 5.02 Å². The first-order chi connectivity index (χ1) is 16.0. The normalized spacial score (nSPS) is 17.8. The molecule has 5 rings (SSSR count). The van der Waals surface area contributed by atoms with Crippen molar-refractivity contribution in [3.63, 3.8) is 0 Å². The number of carbonyl (C=O) groups is 2. The SMILES string of the molecule is O=C1/C(=C2/C(=O)N(Cc3ccccc3Cl)c3ccccc32)SC(=S)N1CCc1ccccc1. The van der Waals surface area contributed by atoms with E-state index in [-0.39, 0.29) is 11.8 Å². The minimum Gasteiger partial charge on any atom is -0.303 e. The smallest absolute Gasteiger partial charge is 0.267 e. The predicted molar refractivity (Wildman–Crippen MR) is 138 cm³/mol. The van der Waals surface area contributed by atoms with Gasteiger partial charge in [0.05, 0.1) is 22.7 Å². The van der Waals surface area contributed by atoms with Gasteiger partial charge < -0.3 is 4.90 Å². The van der Waals surface area contributed by atoms with Crippen molar-refractivity contribution in [2.24, 2.45) is 0 Å². The number of carbonyl (C=O) groups excluding carboxylic acids is 2. The molecule has 0 bridgehead atoms. The minimum absolute atomic E-state index is 0.209. The highest BCUT2D eigenvalue weighted by Crippen LogP contribution is 2.45. The van der Waals surface area contributed by atoms with E-state index >= 15 is 0 Å². The molecule has 1 saturated heterocycles. The van der Waals surface area contributed by atoms with Crippen LogP contribution in [0.5, 0.6) is 0 Å². The number of nitrogens with zero attached hydrogens (tertiary/aromatic N) is 2. The molecule has 4 nitrogen and oxygen atoms in total. The van der Waals surface area contributed by atoms with Gasteiger partial charge >= 0.3 is 0 Å². The van der Waals surface area contributed by atoms with Gasteiger partial charge in [0.2, 0.25) is 0 Å². The van der Waals surface area contributed by atoms with Gasteiger partial charge in [0, 0.05) is 17.1 Å². The summed E-state index contributed by atoms with van der Waals surface area (Å²) in [5, 5.41) is 0.600. The van der Waals surface area contributed by atoms with Gasteiger partial charge in [0.25, 0.3) is 11.8 Å². The fourth-order valence-electron chi connectivity index (χ4n) is 4.08. The van der Waals surface area contributed by atoms with E-state index in [0.717, 1.165) is 22.4 Å². The third-order valence-corrected chi connectivity index (χ3v) is 7.57. The number of para-hydroxylation sites is 1. The molecule has 2 amide bonds. The molecule has 3 aromatic rings. The van der Waals surface area contributed by atoms with Gasteiger partial charge in [0.15, 0.2) is 0 Å². The summed E-state index contributed by atoms with van der Waals surface area (Å²) in [5.74, 6) is -0.418. The Bertz CT molecular complexity index is 1310. The Morgan fingerprint density at radius 3 is 2.30 bits per heavy atom. The summed E-state index contributed by atoms with van der Waals surface area (Å²) in [6, 6.07) is 25.0. The summed E-state index contributed by atoms with van der Waals surface area (Å²) < 4.78 is 0.480. The maximum atomic E-state index is 13.6. The number of thiocarbonyl (C=S) groups is 1. The van der Waals surface area contributed by atoms with Gasteiger partial charge in [-0.3, -0.25) is 14.5 Å². The molecule has 0 atom stereocenters. The van der Waals surface area contributed by atoms with Crippen LogP contribution in [0.3, 0.4) is 0 Å². The Labute approximate surface area is 206 Å². The van der Waals surface area contributed by atoms with E-state index < -0.39 is 0 Å². The number of amides is 2. The van der Waals surface area contributed by atoms with Crippen LogP contribution in [0.4, 0.5) is 5.69 Å². The van der Waals surface area contributed by atoms with E-state index in [4.69, 9.17) is 23.8 Å². The van der Waals surface area contributed by atoms with Crippen molar-refractivity contribution in [2.75, 3.05) is 11.4 Å². The lowest BCUT2D eigenvalue weighted by molar-refractivity contribution is -0.122. The number of thioether (sulfide) groups is 1. The summed E-state index contributed by atoms with van der Waals surface area (Å²) in [5.41, 5.74) is 3.91. The topological polar surface area (TPSA) is 40.6 Å². The zero-order valence-electron chi connectivity index (χ0n) is 17.5. The van der Waals surface area contributed by atoms with Gasteiger partial charge in [0.1, 0.15) is 4.32 Å². The molecule has 0 spiro atoms. The highest BCUT2D eigenvalue weighted by Gasteiger charge is 2.41. The molecule has 0 radical (unpaired) electrons. The van der Waals surface area contributed by atoms with Crippen molar-refractivity contribution in [3.8, 4) is 0 Å². The number of benzene rings is 3. The Morgan fingerprint density at radius 1 is 0.818 bits per heavy atom. The number of halogens is 1. The number of hydrogen-bond donors (Lipinski definition) is 0. The predicted octanol–water partition coefficient (Wildman–Crippen LogP) is 5.70. The molecule has 3 aromatic carbocycles. The molecule has 0 aromatic heterocycles. The third kappa shape index (κ3) is 4.10. The van der Waals surface area contributed by atoms with Crippen LogP contribution in [0.1, 0.15) is 16.7 Å². The fourth-order valence-corrected chi connectivity index (χ4v) is 5.66. The Morgan fingerprint density at radius 2 is 1.52 bits per heavy atom.